The first-order valence-corrected chi connectivity index (χ1v) is 40.4. The molecule has 1 aromatic rings. The predicted octanol–water partition coefficient (Wildman–Crippen LogP) is 3.88. The molecule has 4 fully saturated rings. The lowest BCUT2D eigenvalue weighted by molar-refractivity contribution is -0.337. The maximum atomic E-state index is 14.6. The van der Waals surface area contributed by atoms with Gasteiger partial charge in [-0.2, -0.15) is 5.48 Å². The van der Waals surface area contributed by atoms with Crippen molar-refractivity contribution in [3.8, 4) is 40.9 Å². The number of carbonyl (C=O) groups is 3. The van der Waals surface area contributed by atoms with E-state index in [0.29, 0.717) is 120 Å². The first-order chi connectivity index (χ1) is 51.8. The van der Waals surface area contributed by atoms with Gasteiger partial charge in [-0.25, -0.2) is 4.79 Å². The molecule has 0 radical (unpaired) electrons. The standard InChI is InChI=1S/C73H111IN4O27S3/c1-14-78(24-19-25-92-27-29-94-31-33-96-35-36-97-34-32-95-30-28-93-26-23-75)47-41-98-52(39-51(47)87-9)103-65-60(82)57(43(3)100-70(65)102-50-20-17-15-16-18-22-73(86)40-49(80)58(76-71(85)91-13)55(50)46(73)21-37-106-108-72(6,7)8)77-105-53-38-48(79)67(45(5)99-53)107-68(84)54-42(2)56(74)63(66(90-12)62(54)88-10)104-69-61(83)64(89-11)59(81)44(4)101-69/h15-16,21,43-45,47-48,50-53,57,59-61,64-65,67,69-70,77,79,81-83,86H,14,19,23-41,75H2,1-13H3,(H,76,85)/b16-15?,46-21+/t43-,44+,45-,47+,48+,50+,51+,52+,53+,57-,59+,60+,61-,64-,65-,67-,69+,70+,73+/m1/s1. The van der Waals surface area contributed by atoms with Crippen LogP contribution in [0.5, 0.6) is 17.2 Å². The Bertz CT molecular complexity index is 3230. The first kappa shape index (κ1) is 91.6. The third kappa shape index (κ3) is 26.0. The molecule has 0 saturated carbocycles. The van der Waals surface area contributed by atoms with Crippen LogP contribution in [0.25, 0.3) is 0 Å². The Kier molecular flexibility index (Phi) is 39.1. The number of aliphatic hydroxyl groups excluding tert-OH is 4. The lowest BCUT2D eigenvalue weighted by atomic mass is 9.75. The van der Waals surface area contributed by atoms with Gasteiger partial charge < -0.3 is 117 Å². The van der Waals surface area contributed by atoms with Crippen LogP contribution in [0.1, 0.15) is 90.1 Å². The van der Waals surface area contributed by atoms with E-state index < -0.39 is 133 Å². The number of nitrogens with two attached hydrogens (primary N) is 1. The molecular weight excluding hydrogens is 1590 g/mol. The van der Waals surface area contributed by atoms with Crippen molar-refractivity contribution in [2.45, 2.75) is 201 Å². The van der Waals surface area contributed by atoms with E-state index in [1.54, 1.807) is 51.7 Å². The smallest absolute Gasteiger partial charge is 0.411 e. The van der Waals surface area contributed by atoms with E-state index in [1.165, 1.54) is 44.3 Å². The van der Waals surface area contributed by atoms with Gasteiger partial charge in [0.2, 0.25) is 17.2 Å². The van der Waals surface area contributed by atoms with Crippen LogP contribution in [0.3, 0.4) is 0 Å². The molecule has 31 nitrogen and oxygen atoms in total. The fourth-order valence-corrected chi connectivity index (χ4v) is 16.6. The van der Waals surface area contributed by atoms with Gasteiger partial charge in [-0.3, -0.25) is 24.6 Å². The number of carbonyl (C=O) groups excluding carboxylic acids is 3. The molecule has 108 heavy (non-hydrogen) atoms. The first-order valence-electron chi connectivity index (χ1n) is 36.1. The number of nitrogens with one attached hydrogen (secondary N) is 2. The Hall–Kier alpha value is -3.57. The SMILES string of the molecule is CCN(CCCOCCOCCOCCOCCOCCOCCN)[C@H]1CO[C@@H](O[C@H]2[C@H](O[C@H]3C#CC=CC#C[C@]4(O)CC(=O)C(NC(=O)OC)=C3/C4=C\CSSC(C)(C)C)O[C@H](C)[C@@H](NO[C@H]3C[C@H](O)[C@H](SC(=O)c4c(C)c(I)c(O[C@@H]5O[C@@H](C)[C@H](O)[C@@H](OC)[C@H]5O)c(OC)c4OC)[C@@H](C)O3)[C@@H]2O)C[C@@H]1OC. The summed E-state index contributed by atoms with van der Waals surface area (Å²) in [5, 5.41) is 60.3. The number of alkyl carbamates (subject to hydrolysis) is 1. The number of hydrogen-bond acceptors (Lipinski definition) is 33. The number of benzene rings is 1. The molecule has 4 heterocycles. The number of ether oxygens (including phenoxy) is 18. The molecule has 7 rings (SSSR count). The zero-order chi connectivity index (χ0) is 78.7. The molecule has 2 aliphatic carbocycles. The number of likely N-dealkylation sites (N-methyl/N-ethyl adjacent to an activating group) is 1. The minimum Gasteiger partial charge on any atom is -0.492 e. The van der Waals surface area contributed by atoms with Crippen LogP contribution in [0.15, 0.2) is 35.1 Å². The molecular formula is C73H111IN4O27S3. The maximum absolute atomic E-state index is 14.6. The second-order valence-corrected chi connectivity index (χ2v) is 32.3. The van der Waals surface area contributed by atoms with Crippen LogP contribution >= 0.6 is 55.9 Å². The zero-order valence-electron chi connectivity index (χ0n) is 63.8. The molecule has 2 bridgehead atoms. The third-order valence-corrected chi connectivity index (χ3v) is 24.1. The van der Waals surface area contributed by atoms with Gasteiger partial charge in [0.1, 0.15) is 36.6 Å². The van der Waals surface area contributed by atoms with Crippen molar-refractivity contribution in [1.82, 2.24) is 15.7 Å². The normalized spacial score (nSPS) is 30.5. The molecule has 0 spiro atoms. The molecule has 6 aliphatic rings. The third-order valence-electron chi connectivity index (χ3n) is 18.2. The molecule has 1 amide bonds. The number of hydrogen-bond donors (Lipinski definition) is 8. The molecule has 610 valence electrons. The monoisotopic (exact) mass is 1700 g/mol. The maximum Gasteiger partial charge on any atom is 0.411 e. The Morgan fingerprint density at radius 2 is 1.40 bits per heavy atom. The number of allylic oxidation sites excluding steroid dienone is 3. The molecule has 1 aromatic carbocycles. The summed E-state index contributed by atoms with van der Waals surface area (Å²) in [5.41, 5.74) is 6.64. The summed E-state index contributed by atoms with van der Waals surface area (Å²) < 4.78 is 107. The minimum absolute atomic E-state index is 0.0169. The predicted molar refractivity (Wildman–Crippen MR) is 408 cm³/mol. The van der Waals surface area contributed by atoms with Crippen molar-refractivity contribution in [2.75, 3.05) is 147 Å². The second-order valence-electron chi connectivity index (χ2n) is 26.9. The highest BCUT2D eigenvalue weighted by Crippen LogP contribution is 2.49. The van der Waals surface area contributed by atoms with Gasteiger partial charge >= 0.3 is 6.09 Å². The molecule has 35 heteroatoms. The number of Topliss-reactive ketones (excluding diaryl/α,β-unsaturated/α-hetero) is 1. The highest BCUT2D eigenvalue weighted by atomic mass is 127. The summed E-state index contributed by atoms with van der Waals surface area (Å²) in [7, 11) is 9.91. The summed E-state index contributed by atoms with van der Waals surface area (Å²) in [6.07, 6.45) is -13.7. The molecule has 4 aliphatic heterocycles. The summed E-state index contributed by atoms with van der Waals surface area (Å²) in [5.74, 6) is 11.4. The van der Waals surface area contributed by atoms with Crippen molar-refractivity contribution < 1.29 is 130 Å². The van der Waals surface area contributed by atoms with Crippen molar-refractivity contribution in [2.24, 2.45) is 5.73 Å². The number of nitrogens with zero attached hydrogens (tertiary/aromatic N) is 1. The van der Waals surface area contributed by atoms with Gasteiger partial charge in [0.05, 0.1) is 170 Å². The van der Waals surface area contributed by atoms with E-state index in [9.17, 15) is 39.9 Å². The number of methoxy groups -OCH3 is 5. The van der Waals surface area contributed by atoms with Crippen LogP contribution in [-0.4, -0.2) is 314 Å². The molecule has 9 N–H and O–H groups in total. The number of fused-ring (bicyclic) bond motifs is 2. The second kappa shape index (κ2) is 46.1. The topological polar surface area (TPSA) is 381 Å². The summed E-state index contributed by atoms with van der Waals surface area (Å²) >= 11 is 2.82. The summed E-state index contributed by atoms with van der Waals surface area (Å²) in [4.78, 5) is 50.6. The van der Waals surface area contributed by atoms with Gasteiger partial charge in [0.15, 0.2) is 41.8 Å². The largest absolute Gasteiger partial charge is 0.492 e. The van der Waals surface area contributed by atoms with E-state index >= 15 is 0 Å². The van der Waals surface area contributed by atoms with Crippen LogP contribution in [0, 0.1) is 34.2 Å². The van der Waals surface area contributed by atoms with E-state index in [-0.39, 0.29) is 69.9 Å². The van der Waals surface area contributed by atoms with Gasteiger partial charge in [-0.15, -0.1) is 0 Å². The number of thioether (sulfide) groups is 1. The van der Waals surface area contributed by atoms with E-state index in [2.05, 4.69) is 60.1 Å². The van der Waals surface area contributed by atoms with Crippen molar-refractivity contribution in [3.63, 3.8) is 0 Å². The van der Waals surface area contributed by atoms with Crippen LogP contribution in [0.4, 0.5) is 4.79 Å². The van der Waals surface area contributed by atoms with Gasteiger partial charge in [0.25, 0.3) is 0 Å². The average molecular weight is 1700 g/mol. The lowest BCUT2D eigenvalue weighted by Gasteiger charge is -2.47. The summed E-state index contributed by atoms with van der Waals surface area (Å²) in [6, 6.07) is -1.37. The number of halogens is 1. The van der Waals surface area contributed by atoms with Crippen LogP contribution in [0.2, 0.25) is 0 Å². The molecule has 0 unspecified atom stereocenters. The molecule has 19 atom stereocenters. The van der Waals surface area contributed by atoms with E-state index in [0.717, 1.165) is 18.9 Å². The fourth-order valence-electron chi connectivity index (χ4n) is 12.7. The van der Waals surface area contributed by atoms with Crippen molar-refractivity contribution in [3.05, 3.63) is 49.8 Å². The minimum atomic E-state index is -2.10. The van der Waals surface area contributed by atoms with Gasteiger partial charge in [-0.05, 0) is 81.0 Å². The average Bonchev–Trinajstić information content (AvgIpc) is 0.745. The number of ketones is 1. The van der Waals surface area contributed by atoms with Crippen LogP contribution in [-0.2, 0) is 80.7 Å². The molecule has 4 saturated heterocycles. The Morgan fingerprint density at radius 3 is 1.99 bits per heavy atom. The van der Waals surface area contributed by atoms with Gasteiger partial charge in [0, 0.05) is 68.4 Å². The Labute approximate surface area is 659 Å². The quantitative estimate of drug-likeness (QED) is 0.0151. The number of rotatable bonds is 42. The fraction of sp³-hybridized carbons (Fsp3) is 0.740. The highest BCUT2D eigenvalue weighted by Gasteiger charge is 2.52. The van der Waals surface area contributed by atoms with Crippen molar-refractivity contribution in [1.29, 1.82) is 0 Å². The highest BCUT2D eigenvalue weighted by molar-refractivity contribution is 14.1. The Balaban J connectivity index is 1.05. The van der Waals surface area contributed by atoms with E-state index in [4.69, 9.17) is 95.8 Å². The Morgan fingerprint density at radius 1 is 0.769 bits per heavy atom. The lowest BCUT2D eigenvalue weighted by Crippen LogP contribution is -2.65. The zero-order valence-corrected chi connectivity index (χ0v) is 68.4. The number of hydroxylamine groups is 1. The summed E-state index contributed by atoms with van der Waals surface area (Å²) in [6.45, 7) is 22.2. The van der Waals surface area contributed by atoms with Gasteiger partial charge in [-0.1, -0.05) is 90.8 Å². The van der Waals surface area contributed by atoms with Crippen molar-refractivity contribution >= 4 is 72.9 Å². The van der Waals surface area contributed by atoms with Crippen LogP contribution < -0.4 is 30.7 Å². The number of amides is 1. The molecule has 0 aromatic heterocycles. The van der Waals surface area contributed by atoms with E-state index in [1.807, 2.05) is 29.5 Å². The number of aliphatic hydroxyl groups is 5.